The molecule has 4 N–H and O–H groups in total. The van der Waals surface area contributed by atoms with Crippen molar-refractivity contribution < 1.29 is 9.18 Å². The Labute approximate surface area is 132 Å². The number of carbonyl (C=O) groups is 1. The third-order valence-electron chi connectivity index (χ3n) is 3.28. The normalized spacial score (nSPS) is 10.5. The maximum Gasteiger partial charge on any atom is 0.252 e. The van der Waals surface area contributed by atoms with Gasteiger partial charge in [-0.15, -0.1) is 0 Å². The van der Waals surface area contributed by atoms with Crippen LogP contribution in [0.3, 0.4) is 0 Å². The molecule has 7 heteroatoms. The molecule has 23 heavy (non-hydrogen) atoms. The summed E-state index contributed by atoms with van der Waals surface area (Å²) in [6.07, 6.45) is 2.20. The van der Waals surface area contributed by atoms with E-state index in [1.165, 1.54) is 18.2 Å². The second kappa shape index (κ2) is 8.07. The SMILES string of the molecule is Nc1cc(=O)[nH]c(CCNC(=O)CCCc2ccc(F)cc2)n1. The summed E-state index contributed by atoms with van der Waals surface area (Å²) in [5.41, 5.74) is 6.17. The van der Waals surface area contributed by atoms with Gasteiger partial charge in [-0.2, -0.15) is 0 Å². The van der Waals surface area contributed by atoms with E-state index in [2.05, 4.69) is 15.3 Å². The summed E-state index contributed by atoms with van der Waals surface area (Å²) in [6.45, 7) is 0.377. The van der Waals surface area contributed by atoms with Crippen molar-refractivity contribution >= 4 is 11.7 Å². The van der Waals surface area contributed by atoms with Crippen LogP contribution in [-0.2, 0) is 17.6 Å². The number of aryl methyl sites for hydroxylation is 1. The van der Waals surface area contributed by atoms with Crippen LogP contribution in [0.15, 0.2) is 35.1 Å². The van der Waals surface area contributed by atoms with E-state index in [1.807, 2.05) is 0 Å². The fraction of sp³-hybridized carbons (Fsp3) is 0.312. The Morgan fingerprint density at radius 2 is 2.00 bits per heavy atom. The zero-order valence-electron chi connectivity index (χ0n) is 12.6. The number of amides is 1. The predicted molar refractivity (Wildman–Crippen MR) is 85.3 cm³/mol. The van der Waals surface area contributed by atoms with Gasteiger partial charge in [0.05, 0.1) is 0 Å². The molecule has 1 amide bonds. The van der Waals surface area contributed by atoms with Crippen LogP contribution in [0.5, 0.6) is 0 Å². The van der Waals surface area contributed by atoms with Crippen LogP contribution in [0.25, 0.3) is 0 Å². The Bertz CT molecular complexity index is 713. The molecule has 0 aliphatic rings. The highest BCUT2D eigenvalue weighted by atomic mass is 19.1. The molecule has 0 unspecified atom stereocenters. The number of hydrogen-bond acceptors (Lipinski definition) is 4. The van der Waals surface area contributed by atoms with Crippen molar-refractivity contribution in [3.8, 4) is 0 Å². The van der Waals surface area contributed by atoms with Crippen LogP contribution in [0.1, 0.15) is 24.2 Å². The summed E-state index contributed by atoms with van der Waals surface area (Å²) >= 11 is 0. The maximum atomic E-state index is 12.8. The van der Waals surface area contributed by atoms with Gasteiger partial charge in [0.15, 0.2) is 0 Å². The van der Waals surface area contributed by atoms with E-state index in [0.717, 1.165) is 12.0 Å². The average Bonchev–Trinajstić information content (AvgIpc) is 2.48. The lowest BCUT2D eigenvalue weighted by molar-refractivity contribution is -0.121. The van der Waals surface area contributed by atoms with Gasteiger partial charge in [-0.05, 0) is 30.5 Å². The molecule has 2 aromatic rings. The molecule has 0 radical (unpaired) electrons. The second-order valence-electron chi connectivity index (χ2n) is 5.20. The minimum absolute atomic E-state index is 0.0710. The number of halogens is 1. The average molecular weight is 318 g/mol. The summed E-state index contributed by atoms with van der Waals surface area (Å²) in [5.74, 6) is 0.272. The van der Waals surface area contributed by atoms with Crippen LogP contribution >= 0.6 is 0 Å². The zero-order valence-corrected chi connectivity index (χ0v) is 12.6. The number of aromatic nitrogens is 2. The molecular weight excluding hydrogens is 299 g/mol. The molecule has 0 saturated heterocycles. The Kier molecular flexibility index (Phi) is 5.85. The van der Waals surface area contributed by atoms with Gasteiger partial charge < -0.3 is 16.0 Å². The van der Waals surface area contributed by atoms with Crippen molar-refractivity contribution in [1.82, 2.24) is 15.3 Å². The van der Waals surface area contributed by atoms with E-state index in [9.17, 15) is 14.0 Å². The standard InChI is InChI=1S/C16H19FN4O2/c17-12-6-4-11(5-7-12)2-1-3-15(22)19-9-8-14-20-13(18)10-16(23)21-14/h4-7,10H,1-3,8-9H2,(H,19,22)(H3,18,20,21,23). The van der Waals surface area contributed by atoms with Gasteiger partial charge in [-0.25, -0.2) is 9.37 Å². The number of carbonyl (C=O) groups excluding carboxylic acids is 1. The van der Waals surface area contributed by atoms with Crippen molar-refractivity contribution in [2.45, 2.75) is 25.7 Å². The first-order valence-electron chi connectivity index (χ1n) is 7.40. The molecule has 122 valence electrons. The summed E-state index contributed by atoms with van der Waals surface area (Å²) < 4.78 is 12.8. The Morgan fingerprint density at radius 3 is 2.70 bits per heavy atom. The number of nitrogen functional groups attached to an aromatic ring is 1. The molecule has 1 aromatic carbocycles. The Balaban J connectivity index is 1.67. The van der Waals surface area contributed by atoms with E-state index in [1.54, 1.807) is 12.1 Å². The van der Waals surface area contributed by atoms with E-state index in [4.69, 9.17) is 5.73 Å². The van der Waals surface area contributed by atoms with Gasteiger partial charge in [0.1, 0.15) is 17.5 Å². The zero-order chi connectivity index (χ0) is 16.7. The Morgan fingerprint density at radius 1 is 1.26 bits per heavy atom. The smallest absolute Gasteiger partial charge is 0.252 e. The first-order valence-corrected chi connectivity index (χ1v) is 7.40. The number of H-pyrrole nitrogens is 1. The highest BCUT2D eigenvalue weighted by molar-refractivity contribution is 5.75. The van der Waals surface area contributed by atoms with Gasteiger partial charge in [-0.1, -0.05) is 12.1 Å². The van der Waals surface area contributed by atoms with E-state index < -0.39 is 0 Å². The van der Waals surface area contributed by atoms with Crippen molar-refractivity contribution in [3.63, 3.8) is 0 Å². The van der Waals surface area contributed by atoms with Crippen molar-refractivity contribution in [1.29, 1.82) is 0 Å². The summed E-state index contributed by atoms with van der Waals surface area (Å²) in [5, 5.41) is 2.76. The van der Waals surface area contributed by atoms with Crippen LogP contribution in [0.2, 0.25) is 0 Å². The van der Waals surface area contributed by atoms with Gasteiger partial charge >= 0.3 is 0 Å². The maximum absolute atomic E-state index is 12.8. The first kappa shape index (κ1) is 16.7. The number of benzene rings is 1. The fourth-order valence-corrected chi connectivity index (χ4v) is 2.16. The van der Waals surface area contributed by atoms with E-state index in [0.29, 0.717) is 31.6 Å². The van der Waals surface area contributed by atoms with Gasteiger partial charge in [0.25, 0.3) is 5.56 Å². The quantitative estimate of drug-likeness (QED) is 0.713. The van der Waals surface area contributed by atoms with Gasteiger partial charge in [0, 0.05) is 25.5 Å². The minimum Gasteiger partial charge on any atom is -0.383 e. The number of hydrogen-bond donors (Lipinski definition) is 3. The van der Waals surface area contributed by atoms with Crippen molar-refractivity contribution in [2.24, 2.45) is 0 Å². The second-order valence-corrected chi connectivity index (χ2v) is 5.20. The largest absolute Gasteiger partial charge is 0.383 e. The molecular formula is C16H19FN4O2. The van der Waals surface area contributed by atoms with Gasteiger partial charge in [-0.3, -0.25) is 9.59 Å². The third kappa shape index (κ3) is 5.90. The lowest BCUT2D eigenvalue weighted by Crippen LogP contribution is -2.26. The molecule has 2 rings (SSSR count). The number of nitrogens with two attached hydrogens (primary N) is 1. The van der Waals surface area contributed by atoms with Crippen LogP contribution in [-0.4, -0.2) is 22.4 Å². The highest BCUT2D eigenvalue weighted by Gasteiger charge is 2.03. The molecule has 1 aromatic heterocycles. The molecule has 0 bridgehead atoms. The van der Waals surface area contributed by atoms with E-state index >= 15 is 0 Å². The topological polar surface area (TPSA) is 101 Å². The number of nitrogens with zero attached hydrogens (tertiary/aromatic N) is 1. The molecule has 1 heterocycles. The summed E-state index contributed by atoms with van der Waals surface area (Å²) in [7, 11) is 0. The Hall–Kier alpha value is -2.70. The molecule has 0 spiro atoms. The van der Waals surface area contributed by atoms with E-state index in [-0.39, 0.29) is 23.1 Å². The third-order valence-corrected chi connectivity index (χ3v) is 3.28. The van der Waals surface area contributed by atoms with Crippen molar-refractivity contribution in [3.05, 3.63) is 57.9 Å². The predicted octanol–water partition coefficient (Wildman–Crippen LogP) is 1.17. The molecule has 0 aliphatic heterocycles. The lowest BCUT2D eigenvalue weighted by atomic mass is 10.1. The highest BCUT2D eigenvalue weighted by Crippen LogP contribution is 2.06. The molecule has 6 nitrogen and oxygen atoms in total. The molecule has 0 aliphatic carbocycles. The fourth-order valence-electron chi connectivity index (χ4n) is 2.16. The number of aromatic amines is 1. The number of anilines is 1. The summed E-state index contributed by atoms with van der Waals surface area (Å²) in [4.78, 5) is 29.5. The van der Waals surface area contributed by atoms with Gasteiger partial charge in [0.2, 0.25) is 5.91 Å². The monoisotopic (exact) mass is 318 g/mol. The molecule has 0 atom stereocenters. The van der Waals surface area contributed by atoms with Crippen molar-refractivity contribution in [2.75, 3.05) is 12.3 Å². The molecule has 0 saturated carbocycles. The lowest BCUT2D eigenvalue weighted by Gasteiger charge is -2.05. The number of nitrogens with one attached hydrogen (secondary N) is 2. The van der Waals surface area contributed by atoms with Crippen LogP contribution < -0.4 is 16.6 Å². The molecule has 0 fully saturated rings. The minimum atomic E-state index is -0.307. The first-order chi connectivity index (χ1) is 11.0. The number of rotatable bonds is 7. The van der Waals surface area contributed by atoms with Crippen LogP contribution in [0.4, 0.5) is 10.2 Å². The van der Waals surface area contributed by atoms with Crippen LogP contribution in [0, 0.1) is 5.82 Å². The summed E-state index contributed by atoms with van der Waals surface area (Å²) in [6, 6.07) is 7.46.